The lowest BCUT2D eigenvalue weighted by Gasteiger charge is -2.30. The Kier molecular flexibility index (Phi) is 4.61. The lowest BCUT2D eigenvalue weighted by atomic mass is 9.76. The molecule has 0 aliphatic heterocycles. The Hall–Kier alpha value is -1.49. The fourth-order valence-corrected chi connectivity index (χ4v) is 3.35. The summed E-state index contributed by atoms with van der Waals surface area (Å²) in [6, 6.07) is 2.07. The molecule has 0 heterocycles. The number of aryl methyl sites for hydroxylation is 1. The maximum Gasteiger partial charge on any atom is 0.303 e. The third-order valence-corrected chi connectivity index (χ3v) is 4.45. The topological polar surface area (TPSA) is 57.5 Å². The van der Waals surface area contributed by atoms with Crippen LogP contribution >= 0.6 is 0 Å². The second-order valence-corrected chi connectivity index (χ2v) is 6.12. The zero-order valence-electron chi connectivity index (χ0n) is 12.0. The van der Waals surface area contributed by atoms with Gasteiger partial charge in [-0.2, -0.15) is 0 Å². The number of aliphatic carboxylic acids is 1. The van der Waals surface area contributed by atoms with Crippen molar-refractivity contribution in [2.24, 2.45) is 5.41 Å². The van der Waals surface area contributed by atoms with Gasteiger partial charge in [0.1, 0.15) is 11.6 Å². The lowest BCUT2D eigenvalue weighted by molar-refractivity contribution is -0.140. The van der Waals surface area contributed by atoms with Crippen LogP contribution in [0.15, 0.2) is 12.1 Å². The standard InChI is InChI=1S/C16H20F2O3/c1-10-6-11(13(18)7-12(10)17)14(19)8-16(9-15(20)21)4-2-3-5-16/h6-7,14,19H,2-5,8-9H2,1H3,(H,20,21). The monoisotopic (exact) mass is 298 g/mol. The minimum absolute atomic E-state index is 0.0220. The van der Waals surface area contributed by atoms with Crippen LogP contribution in [-0.2, 0) is 4.79 Å². The van der Waals surface area contributed by atoms with Gasteiger partial charge in [0.05, 0.1) is 12.5 Å². The van der Waals surface area contributed by atoms with E-state index in [2.05, 4.69) is 0 Å². The fraction of sp³-hybridized carbons (Fsp3) is 0.562. The van der Waals surface area contributed by atoms with Gasteiger partial charge in [-0.15, -0.1) is 0 Å². The second-order valence-electron chi connectivity index (χ2n) is 6.12. The van der Waals surface area contributed by atoms with Gasteiger partial charge in [0, 0.05) is 11.6 Å². The molecule has 0 spiro atoms. The van der Waals surface area contributed by atoms with Gasteiger partial charge in [-0.3, -0.25) is 4.79 Å². The summed E-state index contributed by atoms with van der Waals surface area (Å²) < 4.78 is 27.1. The van der Waals surface area contributed by atoms with Gasteiger partial charge in [0.25, 0.3) is 0 Å². The van der Waals surface area contributed by atoms with E-state index >= 15 is 0 Å². The van der Waals surface area contributed by atoms with Crippen LogP contribution in [0.3, 0.4) is 0 Å². The maximum absolute atomic E-state index is 13.8. The molecule has 3 nitrogen and oxygen atoms in total. The summed E-state index contributed by atoms with van der Waals surface area (Å²) in [5.41, 5.74) is -0.172. The number of aliphatic hydroxyl groups excluding tert-OH is 1. The zero-order valence-corrected chi connectivity index (χ0v) is 12.0. The van der Waals surface area contributed by atoms with Gasteiger partial charge in [-0.05, 0) is 43.2 Å². The predicted octanol–water partition coefficient (Wildman–Crippen LogP) is 3.73. The van der Waals surface area contributed by atoms with Crippen LogP contribution in [0.5, 0.6) is 0 Å². The zero-order chi connectivity index (χ0) is 15.6. The first-order valence-corrected chi connectivity index (χ1v) is 7.18. The van der Waals surface area contributed by atoms with Gasteiger partial charge in [0.2, 0.25) is 0 Å². The molecule has 1 atom stereocenters. The number of carbonyl (C=O) groups is 1. The predicted molar refractivity (Wildman–Crippen MR) is 73.8 cm³/mol. The molecule has 1 saturated carbocycles. The van der Waals surface area contributed by atoms with Crippen molar-refractivity contribution in [2.75, 3.05) is 0 Å². The molecule has 1 fully saturated rings. The van der Waals surface area contributed by atoms with Crippen molar-refractivity contribution in [2.45, 2.75) is 51.6 Å². The van der Waals surface area contributed by atoms with Crippen LogP contribution in [0.2, 0.25) is 0 Å². The number of carboxylic acids is 1. The van der Waals surface area contributed by atoms with Crippen LogP contribution < -0.4 is 0 Å². The largest absolute Gasteiger partial charge is 0.481 e. The van der Waals surface area contributed by atoms with Crippen molar-refractivity contribution in [3.05, 3.63) is 34.9 Å². The number of halogens is 2. The van der Waals surface area contributed by atoms with E-state index in [-0.39, 0.29) is 24.0 Å². The summed E-state index contributed by atoms with van der Waals surface area (Å²) in [7, 11) is 0. The molecule has 1 aromatic rings. The van der Waals surface area contributed by atoms with Crippen LogP contribution in [-0.4, -0.2) is 16.2 Å². The van der Waals surface area contributed by atoms with Gasteiger partial charge in [-0.1, -0.05) is 12.8 Å². The maximum atomic E-state index is 13.8. The molecule has 1 aromatic carbocycles. The Labute approximate surface area is 122 Å². The fourth-order valence-electron chi connectivity index (χ4n) is 3.35. The van der Waals surface area contributed by atoms with Crippen molar-refractivity contribution in [3.63, 3.8) is 0 Å². The molecule has 116 valence electrons. The van der Waals surface area contributed by atoms with E-state index in [1.165, 1.54) is 13.0 Å². The van der Waals surface area contributed by atoms with Crippen LogP contribution in [0.1, 0.15) is 55.8 Å². The van der Waals surface area contributed by atoms with Crippen molar-refractivity contribution in [3.8, 4) is 0 Å². The first-order valence-electron chi connectivity index (χ1n) is 7.18. The molecule has 5 heteroatoms. The molecule has 0 radical (unpaired) electrons. The average Bonchev–Trinajstić information content (AvgIpc) is 2.80. The van der Waals surface area contributed by atoms with Gasteiger partial charge in [0.15, 0.2) is 0 Å². The Morgan fingerprint density at radius 1 is 1.29 bits per heavy atom. The normalized spacial score (nSPS) is 18.7. The first kappa shape index (κ1) is 15.9. The Balaban J connectivity index is 2.21. The number of aliphatic hydroxyl groups is 1. The number of hydrogen-bond donors (Lipinski definition) is 2. The molecule has 0 amide bonds. The molecular formula is C16H20F2O3. The van der Waals surface area contributed by atoms with E-state index < -0.39 is 29.1 Å². The molecule has 1 aliphatic carbocycles. The van der Waals surface area contributed by atoms with Gasteiger partial charge < -0.3 is 10.2 Å². The molecule has 1 aliphatic rings. The summed E-state index contributed by atoms with van der Waals surface area (Å²) in [6.45, 7) is 1.51. The molecule has 1 unspecified atom stereocenters. The third-order valence-electron chi connectivity index (χ3n) is 4.45. The molecule has 2 rings (SSSR count). The van der Waals surface area contributed by atoms with Crippen LogP contribution in [0.25, 0.3) is 0 Å². The number of benzene rings is 1. The summed E-state index contributed by atoms with van der Waals surface area (Å²) >= 11 is 0. The Morgan fingerprint density at radius 2 is 1.90 bits per heavy atom. The van der Waals surface area contributed by atoms with E-state index in [1.807, 2.05) is 0 Å². The molecule has 0 bridgehead atoms. The summed E-state index contributed by atoms with van der Waals surface area (Å²) in [5, 5.41) is 19.4. The number of carboxylic acid groups (broad SMARTS) is 1. The van der Waals surface area contributed by atoms with Crippen LogP contribution in [0, 0.1) is 24.0 Å². The van der Waals surface area contributed by atoms with E-state index in [9.17, 15) is 18.7 Å². The van der Waals surface area contributed by atoms with Crippen molar-refractivity contribution in [1.29, 1.82) is 0 Å². The highest BCUT2D eigenvalue weighted by atomic mass is 19.1. The molecule has 21 heavy (non-hydrogen) atoms. The SMILES string of the molecule is Cc1cc(C(O)CC2(CC(=O)O)CCCC2)c(F)cc1F. The van der Waals surface area contributed by atoms with Crippen molar-refractivity contribution >= 4 is 5.97 Å². The smallest absolute Gasteiger partial charge is 0.303 e. The molecular weight excluding hydrogens is 278 g/mol. The lowest BCUT2D eigenvalue weighted by Crippen LogP contribution is -2.24. The quantitative estimate of drug-likeness (QED) is 0.870. The molecule has 2 N–H and O–H groups in total. The average molecular weight is 298 g/mol. The summed E-state index contributed by atoms with van der Waals surface area (Å²) in [5.74, 6) is -2.33. The summed E-state index contributed by atoms with van der Waals surface area (Å²) in [6.07, 6.45) is 2.35. The highest BCUT2D eigenvalue weighted by Crippen LogP contribution is 2.47. The van der Waals surface area contributed by atoms with Crippen LogP contribution in [0.4, 0.5) is 8.78 Å². The first-order chi connectivity index (χ1) is 9.83. The third kappa shape index (κ3) is 3.59. The molecule has 0 saturated heterocycles. The second kappa shape index (κ2) is 6.10. The Bertz CT molecular complexity index is 537. The van der Waals surface area contributed by atoms with Gasteiger partial charge >= 0.3 is 5.97 Å². The number of rotatable bonds is 5. The number of hydrogen-bond acceptors (Lipinski definition) is 2. The van der Waals surface area contributed by atoms with Crippen molar-refractivity contribution in [1.82, 2.24) is 0 Å². The van der Waals surface area contributed by atoms with Crippen molar-refractivity contribution < 1.29 is 23.8 Å². The minimum atomic E-state index is -1.11. The van der Waals surface area contributed by atoms with E-state index in [0.29, 0.717) is 0 Å². The summed E-state index contributed by atoms with van der Waals surface area (Å²) in [4.78, 5) is 11.0. The van der Waals surface area contributed by atoms with E-state index in [4.69, 9.17) is 5.11 Å². The van der Waals surface area contributed by atoms with Gasteiger partial charge in [-0.25, -0.2) is 8.78 Å². The Morgan fingerprint density at radius 3 is 2.48 bits per heavy atom. The minimum Gasteiger partial charge on any atom is -0.481 e. The van der Waals surface area contributed by atoms with E-state index in [1.54, 1.807) is 0 Å². The molecule has 0 aromatic heterocycles. The van der Waals surface area contributed by atoms with E-state index in [0.717, 1.165) is 31.7 Å². The highest BCUT2D eigenvalue weighted by molar-refractivity contribution is 5.67. The highest BCUT2D eigenvalue weighted by Gasteiger charge is 2.38.